The molecule has 8 nitrogen and oxygen atoms in total. The summed E-state index contributed by atoms with van der Waals surface area (Å²) in [4.78, 5) is 31.2. The van der Waals surface area contributed by atoms with Crippen LogP contribution in [0.4, 0.5) is 15.4 Å². The predicted molar refractivity (Wildman–Crippen MR) is 139 cm³/mol. The van der Waals surface area contributed by atoms with Gasteiger partial charge in [-0.05, 0) is 73.6 Å². The maximum Gasteiger partial charge on any atom is 0.425 e. The third-order valence-corrected chi connectivity index (χ3v) is 4.27. The number of hydrogen-bond donors (Lipinski definition) is 1. The molecule has 2 heterocycles. The highest BCUT2D eigenvalue weighted by Crippen LogP contribution is 2.30. The number of amides is 2. The Bertz CT molecular complexity index is 1020. The second-order valence-electron chi connectivity index (χ2n) is 9.57. The molecule has 2 aromatic heterocycles. The number of hydrogen-bond acceptors (Lipinski definition) is 6. The van der Waals surface area contributed by atoms with Gasteiger partial charge in [-0.1, -0.05) is 25.5 Å². The molecule has 34 heavy (non-hydrogen) atoms. The second-order valence-corrected chi connectivity index (χ2v) is 9.57. The van der Waals surface area contributed by atoms with Crippen LogP contribution in [-0.4, -0.2) is 39.5 Å². The zero-order chi connectivity index (χ0) is 26.3. The molecule has 0 fully saturated rings. The third-order valence-electron chi connectivity index (χ3n) is 4.27. The van der Waals surface area contributed by atoms with Crippen molar-refractivity contribution >= 4 is 34.6 Å². The highest BCUT2D eigenvalue weighted by Gasteiger charge is 2.34. The number of carbonyl (C=O) groups excluding carboxylic acids is 2. The van der Waals surface area contributed by atoms with Gasteiger partial charge in [-0.15, -0.1) is 0 Å². The van der Waals surface area contributed by atoms with Gasteiger partial charge in [0.1, 0.15) is 11.2 Å². The molecule has 0 bridgehead atoms. The van der Waals surface area contributed by atoms with E-state index in [0.717, 1.165) is 21.7 Å². The molecule has 2 amide bonds. The summed E-state index contributed by atoms with van der Waals surface area (Å²) in [6, 6.07) is 3.62. The lowest BCUT2D eigenvalue weighted by Crippen LogP contribution is -2.44. The van der Waals surface area contributed by atoms with Crippen LogP contribution in [0.1, 0.15) is 69.2 Å². The first kappa shape index (κ1) is 28.9. The number of imide groups is 1. The third kappa shape index (κ3) is 8.02. The lowest BCUT2D eigenvalue weighted by molar-refractivity contribution is 0.0429. The van der Waals surface area contributed by atoms with Gasteiger partial charge in [-0.3, -0.25) is 0 Å². The molecule has 0 aromatic carbocycles. The summed E-state index contributed by atoms with van der Waals surface area (Å²) in [5.41, 5.74) is 6.81. The van der Waals surface area contributed by atoms with Crippen LogP contribution in [0.5, 0.6) is 0 Å². The van der Waals surface area contributed by atoms with Crippen molar-refractivity contribution in [2.75, 3.05) is 11.4 Å². The molecule has 0 aliphatic rings. The first-order chi connectivity index (χ1) is 15.7. The van der Waals surface area contributed by atoms with Gasteiger partial charge < -0.3 is 19.8 Å². The number of carbonyl (C=O) groups is 2. The zero-order valence-electron chi connectivity index (χ0n) is 22.2. The maximum absolute atomic E-state index is 13.0. The van der Waals surface area contributed by atoms with Crippen molar-refractivity contribution in [1.82, 2.24) is 9.55 Å². The number of aromatic nitrogens is 2. The van der Waals surface area contributed by atoms with E-state index in [1.807, 2.05) is 56.7 Å². The average molecular weight is 473 g/mol. The monoisotopic (exact) mass is 472 g/mol. The fourth-order valence-corrected chi connectivity index (χ4v) is 2.81. The van der Waals surface area contributed by atoms with Crippen molar-refractivity contribution in [2.45, 2.75) is 80.4 Å². The summed E-state index contributed by atoms with van der Waals surface area (Å²) in [5, 5.41) is 0.608. The maximum atomic E-state index is 13.0. The molecule has 8 heteroatoms. The Morgan fingerprint density at radius 1 is 1.00 bits per heavy atom. The molecular formula is C26H40N4O4. The number of pyridine rings is 1. The first-order valence-electron chi connectivity index (χ1n) is 11.5. The summed E-state index contributed by atoms with van der Waals surface area (Å²) in [5.74, 6) is 0.145. The number of anilines is 1. The molecule has 0 aliphatic carbocycles. The molecule has 2 N–H and O–H groups in total. The Morgan fingerprint density at radius 2 is 1.53 bits per heavy atom. The fourth-order valence-electron chi connectivity index (χ4n) is 2.81. The Hall–Kier alpha value is -3.13. The van der Waals surface area contributed by atoms with E-state index in [-0.39, 0.29) is 5.82 Å². The number of nitrogens with zero attached hydrogens (tertiary/aromatic N) is 3. The zero-order valence-corrected chi connectivity index (χ0v) is 22.2. The van der Waals surface area contributed by atoms with Crippen molar-refractivity contribution < 1.29 is 19.1 Å². The van der Waals surface area contributed by atoms with Crippen LogP contribution in [0.25, 0.3) is 16.6 Å². The van der Waals surface area contributed by atoms with Gasteiger partial charge in [0, 0.05) is 30.0 Å². The van der Waals surface area contributed by atoms with Crippen molar-refractivity contribution in [3.63, 3.8) is 0 Å². The summed E-state index contributed by atoms with van der Waals surface area (Å²) < 4.78 is 12.9. The van der Waals surface area contributed by atoms with Crippen LogP contribution in [0.3, 0.4) is 0 Å². The van der Waals surface area contributed by atoms with Crippen LogP contribution < -0.4 is 10.6 Å². The van der Waals surface area contributed by atoms with Gasteiger partial charge in [0.15, 0.2) is 5.82 Å². The quantitative estimate of drug-likeness (QED) is 0.510. The van der Waals surface area contributed by atoms with E-state index in [1.54, 1.807) is 53.8 Å². The molecule has 0 radical (unpaired) electrons. The molecule has 0 saturated carbocycles. The minimum absolute atomic E-state index is 0.145. The highest BCUT2D eigenvalue weighted by molar-refractivity contribution is 6.13. The minimum Gasteiger partial charge on any atom is -0.443 e. The van der Waals surface area contributed by atoms with Crippen LogP contribution in [0.2, 0.25) is 0 Å². The number of rotatable bonds is 4. The Labute approximate surface area is 203 Å². The van der Waals surface area contributed by atoms with Crippen molar-refractivity contribution in [3.8, 4) is 0 Å². The molecule has 2 rings (SSSR count). The standard InChI is InChI=1S/C24H34N4O4.C2H6/c1-16(15-25)9-10-17(2)27-14-12-18-19(27)11-13-26-20(18)28(21(29)31-23(3,4)5)22(30)32-24(6,7)8;1-2/h9-14H,15,25H2,1-8H3;1-2H3/b16-9+,17-10+;. The van der Waals surface area contributed by atoms with Crippen LogP contribution >= 0.6 is 0 Å². The van der Waals surface area contributed by atoms with E-state index >= 15 is 0 Å². The second kappa shape index (κ2) is 11.8. The van der Waals surface area contributed by atoms with E-state index in [2.05, 4.69) is 4.98 Å². The van der Waals surface area contributed by atoms with Gasteiger partial charge in [0.2, 0.25) is 0 Å². The summed E-state index contributed by atoms with van der Waals surface area (Å²) in [6.07, 6.45) is 5.61. The topological polar surface area (TPSA) is 99.7 Å². The van der Waals surface area contributed by atoms with Crippen LogP contribution in [0.15, 0.2) is 42.3 Å². The molecule has 0 saturated heterocycles. The Morgan fingerprint density at radius 3 is 2.00 bits per heavy atom. The summed E-state index contributed by atoms with van der Waals surface area (Å²) >= 11 is 0. The van der Waals surface area contributed by atoms with Gasteiger partial charge in [0.25, 0.3) is 0 Å². The predicted octanol–water partition coefficient (Wildman–Crippen LogP) is 6.50. The first-order valence-corrected chi connectivity index (χ1v) is 11.5. The van der Waals surface area contributed by atoms with Gasteiger partial charge in [-0.25, -0.2) is 14.6 Å². The lowest BCUT2D eigenvalue weighted by atomic mass is 10.2. The smallest absolute Gasteiger partial charge is 0.425 e. The Balaban J connectivity index is 0.00000281. The van der Waals surface area contributed by atoms with E-state index in [0.29, 0.717) is 11.9 Å². The van der Waals surface area contributed by atoms with Gasteiger partial charge in [-0.2, -0.15) is 4.90 Å². The van der Waals surface area contributed by atoms with E-state index in [9.17, 15) is 9.59 Å². The normalized spacial score (nSPS) is 12.7. The molecule has 0 atom stereocenters. The van der Waals surface area contributed by atoms with Gasteiger partial charge >= 0.3 is 12.2 Å². The molecule has 0 aliphatic heterocycles. The van der Waals surface area contributed by atoms with Gasteiger partial charge in [0.05, 0.1) is 5.52 Å². The number of allylic oxidation sites excluding steroid dienone is 3. The molecule has 0 unspecified atom stereocenters. The molecule has 0 spiro atoms. The molecule has 188 valence electrons. The van der Waals surface area contributed by atoms with Crippen molar-refractivity contribution in [2.24, 2.45) is 5.73 Å². The lowest BCUT2D eigenvalue weighted by Gasteiger charge is -2.28. The van der Waals surface area contributed by atoms with E-state index < -0.39 is 23.4 Å². The average Bonchev–Trinajstić information content (AvgIpc) is 3.15. The SMILES string of the molecule is C/C(=C\C=C(/C)n1ccc2c(N(C(=O)OC(C)(C)C)C(=O)OC(C)(C)C)nccc21)CN.CC. The van der Waals surface area contributed by atoms with Crippen molar-refractivity contribution in [3.05, 3.63) is 42.3 Å². The number of nitrogens with two attached hydrogens (primary N) is 1. The van der Waals surface area contributed by atoms with Crippen LogP contribution in [0, 0.1) is 0 Å². The molecule has 2 aromatic rings. The Kier molecular flexibility index (Phi) is 10.1. The van der Waals surface area contributed by atoms with Crippen molar-refractivity contribution in [1.29, 1.82) is 0 Å². The minimum atomic E-state index is -0.853. The molecular weight excluding hydrogens is 432 g/mol. The van der Waals surface area contributed by atoms with Crippen LogP contribution in [-0.2, 0) is 9.47 Å². The highest BCUT2D eigenvalue weighted by atomic mass is 16.6. The van der Waals surface area contributed by atoms with E-state index in [4.69, 9.17) is 15.2 Å². The summed E-state index contributed by atoms with van der Waals surface area (Å²) in [7, 11) is 0. The number of ether oxygens (including phenoxy) is 2. The summed E-state index contributed by atoms with van der Waals surface area (Å²) in [6.45, 7) is 18.8. The largest absolute Gasteiger partial charge is 0.443 e. The fraction of sp³-hybridized carbons (Fsp3) is 0.500. The number of fused-ring (bicyclic) bond motifs is 1. The van der Waals surface area contributed by atoms with E-state index in [1.165, 1.54) is 0 Å².